The van der Waals surface area contributed by atoms with E-state index in [2.05, 4.69) is 17.2 Å². The first-order valence-corrected chi connectivity index (χ1v) is 7.18. The summed E-state index contributed by atoms with van der Waals surface area (Å²) in [5.74, 6) is 7.41. The van der Waals surface area contributed by atoms with Gasteiger partial charge < -0.3 is 10.4 Å². The standard InChI is InChI=1S/C17H19NO2/c1-11-4-5-12(3-2-6-19)16(7-11)18-17(20)15-9-13-8-14(13)10-15/h4-5,7,13-15,19H,6,8-10H2,1H3,(H,18,20). The van der Waals surface area contributed by atoms with E-state index in [-0.39, 0.29) is 18.4 Å². The van der Waals surface area contributed by atoms with Crippen molar-refractivity contribution in [3.05, 3.63) is 29.3 Å². The van der Waals surface area contributed by atoms with Gasteiger partial charge in [0.2, 0.25) is 5.91 Å². The number of benzene rings is 1. The smallest absolute Gasteiger partial charge is 0.227 e. The van der Waals surface area contributed by atoms with Gasteiger partial charge in [-0.05, 0) is 55.7 Å². The van der Waals surface area contributed by atoms with Crippen LogP contribution in [0.5, 0.6) is 0 Å². The van der Waals surface area contributed by atoms with E-state index in [9.17, 15) is 4.79 Å². The van der Waals surface area contributed by atoms with Crippen LogP contribution >= 0.6 is 0 Å². The summed E-state index contributed by atoms with van der Waals surface area (Å²) in [5.41, 5.74) is 2.61. The predicted octanol–water partition coefficient (Wildman–Crippen LogP) is 2.32. The Hall–Kier alpha value is -1.79. The zero-order chi connectivity index (χ0) is 14.1. The molecule has 2 atom stereocenters. The highest BCUT2D eigenvalue weighted by atomic mass is 16.2. The Balaban J connectivity index is 1.75. The summed E-state index contributed by atoms with van der Waals surface area (Å²) in [6, 6.07) is 5.79. The molecule has 2 fully saturated rings. The number of amides is 1. The van der Waals surface area contributed by atoms with Gasteiger partial charge in [-0.15, -0.1) is 0 Å². The van der Waals surface area contributed by atoms with Crippen LogP contribution in [-0.2, 0) is 4.79 Å². The molecule has 1 aromatic rings. The summed E-state index contributed by atoms with van der Waals surface area (Å²) in [6.45, 7) is 1.82. The van der Waals surface area contributed by atoms with Gasteiger partial charge in [-0.25, -0.2) is 0 Å². The van der Waals surface area contributed by atoms with Crippen LogP contribution < -0.4 is 5.32 Å². The van der Waals surface area contributed by atoms with E-state index in [4.69, 9.17) is 5.11 Å². The molecule has 3 rings (SSSR count). The Bertz CT molecular complexity index is 587. The normalized spacial score (nSPS) is 26.4. The molecule has 0 saturated heterocycles. The minimum absolute atomic E-state index is 0.120. The number of fused-ring (bicyclic) bond motifs is 1. The lowest BCUT2D eigenvalue weighted by molar-refractivity contribution is -0.120. The highest BCUT2D eigenvalue weighted by Crippen LogP contribution is 2.54. The summed E-state index contributed by atoms with van der Waals surface area (Å²) < 4.78 is 0. The molecule has 0 spiro atoms. The third-order valence-electron chi connectivity index (χ3n) is 4.35. The van der Waals surface area contributed by atoms with Crippen molar-refractivity contribution in [2.24, 2.45) is 17.8 Å². The van der Waals surface area contributed by atoms with Gasteiger partial charge >= 0.3 is 0 Å². The van der Waals surface area contributed by atoms with E-state index < -0.39 is 0 Å². The molecule has 104 valence electrons. The van der Waals surface area contributed by atoms with Crippen LogP contribution in [0.2, 0.25) is 0 Å². The summed E-state index contributed by atoms with van der Waals surface area (Å²) in [4.78, 5) is 12.3. The molecule has 1 aromatic carbocycles. The van der Waals surface area contributed by atoms with Gasteiger partial charge in [0, 0.05) is 11.5 Å². The number of hydrogen-bond acceptors (Lipinski definition) is 2. The second-order valence-electron chi connectivity index (χ2n) is 5.92. The number of carbonyl (C=O) groups is 1. The quantitative estimate of drug-likeness (QED) is 0.810. The number of carbonyl (C=O) groups excluding carboxylic acids is 1. The monoisotopic (exact) mass is 269 g/mol. The molecule has 0 heterocycles. The Labute approximate surface area is 119 Å². The second-order valence-corrected chi connectivity index (χ2v) is 5.92. The molecule has 0 radical (unpaired) electrons. The predicted molar refractivity (Wildman–Crippen MR) is 78.1 cm³/mol. The first kappa shape index (κ1) is 13.2. The highest BCUT2D eigenvalue weighted by molar-refractivity contribution is 5.94. The van der Waals surface area contributed by atoms with Gasteiger partial charge in [-0.3, -0.25) is 4.79 Å². The fourth-order valence-electron chi connectivity index (χ4n) is 3.17. The second kappa shape index (κ2) is 5.30. The first-order chi connectivity index (χ1) is 9.67. The number of aliphatic hydroxyl groups is 1. The number of anilines is 1. The third kappa shape index (κ3) is 2.71. The lowest BCUT2D eigenvalue weighted by Crippen LogP contribution is -2.22. The number of hydrogen-bond donors (Lipinski definition) is 2. The van der Waals surface area contributed by atoms with Crippen molar-refractivity contribution in [1.82, 2.24) is 0 Å². The Morgan fingerprint density at radius 2 is 2.10 bits per heavy atom. The Kier molecular flexibility index (Phi) is 3.50. The van der Waals surface area contributed by atoms with Gasteiger partial charge in [0.15, 0.2) is 0 Å². The maximum Gasteiger partial charge on any atom is 0.227 e. The van der Waals surface area contributed by atoms with E-state index in [0.717, 1.165) is 41.5 Å². The maximum atomic E-state index is 12.3. The van der Waals surface area contributed by atoms with Crippen LogP contribution in [0.25, 0.3) is 0 Å². The van der Waals surface area contributed by atoms with Crippen molar-refractivity contribution >= 4 is 11.6 Å². The van der Waals surface area contributed by atoms with Gasteiger partial charge in [0.05, 0.1) is 5.69 Å². The van der Waals surface area contributed by atoms with E-state index in [1.807, 2.05) is 25.1 Å². The number of aliphatic hydroxyl groups excluding tert-OH is 1. The minimum atomic E-state index is -0.173. The Morgan fingerprint density at radius 3 is 2.80 bits per heavy atom. The van der Waals surface area contributed by atoms with Crippen LogP contribution in [0.15, 0.2) is 18.2 Å². The molecule has 1 amide bonds. The molecule has 2 unspecified atom stereocenters. The fraction of sp³-hybridized carbons (Fsp3) is 0.471. The van der Waals surface area contributed by atoms with Crippen LogP contribution in [0.4, 0.5) is 5.69 Å². The zero-order valence-electron chi connectivity index (χ0n) is 11.6. The minimum Gasteiger partial charge on any atom is -0.384 e. The number of nitrogens with one attached hydrogen (secondary N) is 1. The molecular weight excluding hydrogens is 250 g/mol. The van der Waals surface area contributed by atoms with Gasteiger partial charge in [-0.1, -0.05) is 17.9 Å². The highest BCUT2D eigenvalue weighted by Gasteiger charge is 2.48. The van der Waals surface area contributed by atoms with Crippen LogP contribution in [-0.4, -0.2) is 17.6 Å². The largest absolute Gasteiger partial charge is 0.384 e. The molecule has 2 aliphatic carbocycles. The topological polar surface area (TPSA) is 49.3 Å². The van der Waals surface area contributed by atoms with E-state index >= 15 is 0 Å². The van der Waals surface area contributed by atoms with Crippen molar-refractivity contribution in [2.45, 2.75) is 26.2 Å². The van der Waals surface area contributed by atoms with E-state index in [0.29, 0.717) is 0 Å². The molecule has 20 heavy (non-hydrogen) atoms. The summed E-state index contributed by atoms with van der Waals surface area (Å²) in [6.07, 6.45) is 3.40. The third-order valence-corrected chi connectivity index (χ3v) is 4.35. The SMILES string of the molecule is Cc1ccc(C#CCO)c(NC(=O)C2CC3CC3C2)c1. The molecule has 2 saturated carbocycles. The van der Waals surface area contributed by atoms with Crippen LogP contribution in [0.3, 0.4) is 0 Å². The van der Waals surface area contributed by atoms with Crippen LogP contribution in [0, 0.1) is 36.5 Å². The molecule has 0 aromatic heterocycles. The Morgan fingerprint density at radius 1 is 1.35 bits per heavy atom. The lowest BCUT2D eigenvalue weighted by Gasteiger charge is -2.14. The van der Waals surface area contributed by atoms with Crippen molar-refractivity contribution in [3.8, 4) is 11.8 Å². The summed E-state index contributed by atoms with van der Waals surface area (Å²) >= 11 is 0. The number of rotatable bonds is 2. The molecule has 3 nitrogen and oxygen atoms in total. The lowest BCUT2D eigenvalue weighted by atomic mass is 10.0. The number of aryl methyl sites for hydroxylation is 1. The molecule has 2 N–H and O–H groups in total. The van der Waals surface area contributed by atoms with Crippen LogP contribution in [0.1, 0.15) is 30.4 Å². The molecule has 0 aliphatic heterocycles. The van der Waals surface area contributed by atoms with Gasteiger partial charge in [0.1, 0.15) is 6.61 Å². The average molecular weight is 269 g/mol. The molecule has 2 aliphatic rings. The summed E-state index contributed by atoms with van der Waals surface area (Å²) in [7, 11) is 0. The maximum absolute atomic E-state index is 12.3. The van der Waals surface area contributed by atoms with E-state index in [1.165, 1.54) is 6.42 Å². The van der Waals surface area contributed by atoms with Gasteiger partial charge in [-0.2, -0.15) is 0 Å². The fourth-order valence-corrected chi connectivity index (χ4v) is 3.17. The summed E-state index contributed by atoms with van der Waals surface area (Å²) in [5, 5.41) is 11.8. The average Bonchev–Trinajstić information content (AvgIpc) is 3.04. The molecule has 0 bridgehead atoms. The van der Waals surface area contributed by atoms with E-state index in [1.54, 1.807) is 0 Å². The van der Waals surface area contributed by atoms with Crippen molar-refractivity contribution < 1.29 is 9.90 Å². The molecular formula is C17H19NO2. The zero-order valence-corrected chi connectivity index (χ0v) is 11.6. The van der Waals surface area contributed by atoms with Gasteiger partial charge in [0.25, 0.3) is 0 Å². The van der Waals surface area contributed by atoms with Crippen molar-refractivity contribution in [3.63, 3.8) is 0 Å². The molecule has 3 heteroatoms. The first-order valence-electron chi connectivity index (χ1n) is 7.18. The van der Waals surface area contributed by atoms with Crippen molar-refractivity contribution in [1.29, 1.82) is 0 Å². The van der Waals surface area contributed by atoms with Crippen molar-refractivity contribution in [2.75, 3.05) is 11.9 Å².